The Labute approximate surface area is 79.1 Å². The van der Waals surface area contributed by atoms with Crippen molar-refractivity contribution in [3.8, 4) is 0 Å². The molecule has 0 atom stereocenters. The van der Waals surface area contributed by atoms with Crippen LogP contribution >= 0.6 is 0 Å². The molecule has 1 rings (SSSR count). The van der Waals surface area contributed by atoms with Crippen molar-refractivity contribution >= 4 is 11.4 Å². The van der Waals surface area contributed by atoms with E-state index < -0.39 is 0 Å². The molecule has 0 saturated carbocycles. The fourth-order valence-electron chi connectivity index (χ4n) is 1.31. The smallest absolute Gasteiger partial charge is 0.159 e. The summed E-state index contributed by atoms with van der Waals surface area (Å²) in [5.41, 5.74) is 2.78. The molecule has 1 aromatic rings. The Morgan fingerprint density at radius 1 is 1.38 bits per heavy atom. The Hall–Kier alpha value is -1.37. The van der Waals surface area contributed by atoms with E-state index in [1.54, 1.807) is 6.92 Å². The lowest BCUT2D eigenvalue weighted by molar-refractivity contribution is -0.111. The molecule has 0 N–H and O–H groups in total. The average Bonchev–Trinajstić information content (AvgIpc) is 2.16. The molecule has 1 aromatic carbocycles. The molecule has 0 fully saturated rings. The largest absolute Gasteiger partial charge is 0.295 e. The van der Waals surface area contributed by atoms with Crippen molar-refractivity contribution in [1.82, 2.24) is 0 Å². The third kappa shape index (κ3) is 2.05. The number of carbonyl (C=O) groups is 1. The first kappa shape index (κ1) is 9.72. The highest BCUT2D eigenvalue weighted by Gasteiger charge is 2.06. The molecule has 1 heteroatoms. The molecule has 0 amide bonds. The summed E-state index contributed by atoms with van der Waals surface area (Å²) in [6.07, 6.45) is 0.933. The van der Waals surface area contributed by atoms with Crippen LogP contribution in [0.5, 0.6) is 0 Å². The minimum absolute atomic E-state index is 0.0425. The van der Waals surface area contributed by atoms with Crippen LogP contribution in [0, 0.1) is 0 Å². The molecule has 68 valence electrons. The average molecular weight is 174 g/mol. The van der Waals surface area contributed by atoms with Gasteiger partial charge in [-0.3, -0.25) is 4.79 Å². The number of rotatable bonds is 3. The van der Waals surface area contributed by atoms with Gasteiger partial charge in [0.15, 0.2) is 5.78 Å². The third-order valence-corrected chi connectivity index (χ3v) is 2.15. The number of benzene rings is 1. The van der Waals surface area contributed by atoms with E-state index in [9.17, 15) is 4.79 Å². The molecule has 0 radical (unpaired) electrons. The molecule has 0 bridgehead atoms. The second kappa shape index (κ2) is 4.04. The van der Waals surface area contributed by atoms with Crippen LogP contribution in [0.15, 0.2) is 30.8 Å². The molecule has 1 nitrogen and oxygen atoms in total. The maximum absolute atomic E-state index is 11.1. The highest BCUT2D eigenvalue weighted by Crippen LogP contribution is 2.18. The standard InChI is InChI=1S/C12H14O/c1-4-11-7-5-6-8-12(11)9(2)10(3)13/h5-8H,2,4H2,1,3H3. The molecule has 0 aromatic heterocycles. The summed E-state index contributed by atoms with van der Waals surface area (Å²) >= 11 is 0. The van der Waals surface area contributed by atoms with Crippen molar-refractivity contribution in [3.05, 3.63) is 42.0 Å². The first-order valence-corrected chi connectivity index (χ1v) is 4.45. The van der Waals surface area contributed by atoms with Gasteiger partial charge in [-0.15, -0.1) is 0 Å². The Balaban J connectivity index is 3.13. The predicted molar refractivity (Wildman–Crippen MR) is 55.5 cm³/mol. The number of Topliss-reactive ketones (excluding diaryl/α,β-unsaturated/α-hetero) is 1. The van der Waals surface area contributed by atoms with Crippen molar-refractivity contribution in [2.75, 3.05) is 0 Å². The number of aryl methyl sites for hydroxylation is 1. The zero-order valence-corrected chi connectivity index (χ0v) is 8.13. The third-order valence-electron chi connectivity index (χ3n) is 2.15. The van der Waals surface area contributed by atoms with Gasteiger partial charge in [0.2, 0.25) is 0 Å². The molecule has 0 saturated heterocycles. The van der Waals surface area contributed by atoms with Gasteiger partial charge in [0.25, 0.3) is 0 Å². The molecule has 0 heterocycles. The van der Waals surface area contributed by atoms with Gasteiger partial charge in [-0.25, -0.2) is 0 Å². The SMILES string of the molecule is C=C(C(C)=O)c1ccccc1CC. The Bertz CT molecular complexity index is 337. The second-order valence-electron chi connectivity index (χ2n) is 3.05. The maximum Gasteiger partial charge on any atom is 0.159 e. The van der Waals surface area contributed by atoms with Crippen LogP contribution in [0.4, 0.5) is 0 Å². The predicted octanol–water partition coefficient (Wildman–Crippen LogP) is 2.85. The molecule has 0 aliphatic carbocycles. The van der Waals surface area contributed by atoms with Crippen LogP contribution in [-0.4, -0.2) is 5.78 Å². The minimum Gasteiger partial charge on any atom is -0.295 e. The Kier molecular flexibility index (Phi) is 3.02. The van der Waals surface area contributed by atoms with Gasteiger partial charge < -0.3 is 0 Å². The van der Waals surface area contributed by atoms with Gasteiger partial charge in [-0.1, -0.05) is 37.8 Å². The summed E-state index contributed by atoms with van der Waals surface area (Å²) in [4.78, 5) is 11.1. The Morgan fingerprint density at radius 2 is 2.00 bits per heavy atom. The fourth-order valence-corrected chi connectivity index (χ4v) is 1.31. The number of hydrogen-bond acceptors (Lipinski definition) is 1. The van der Waals surface area contributed by atoms with Crippen LogP contribution in [-0.2, 0) is 11.2 Å². The lowest BCUT2D eigenvalue weighted by Gasteiger charge is -2.07. The van der Waals surface area contributed by atoms with Gasteiger partial charge >= 0.3 is 0 Å². The first-order valence-electron chi connectivity index (χ1n) is 4.45. The second-order valence-corrected chi connectivity index (χ2v) is 3.05. The quantitative estimate of drug-likeness (QED) is 0.644. The van der Waals surface area contributed by atoms with Crippen LogP contribution in [0.3, 0.4) is 0 Å². The summed E-state index contributed by atoms with van der Waals surface area (Å²) in [6, 6.07) is 7.89. The molecule has 0 spiro atoms. The number of ketones is 1. The highest BCUT2D eigenvalue weighted by atomic mass is 16.1. The van der Waals surface area contributed by atoms with E-state index in [0.29, 0.717) is 5.57 Å². The topological polar surface area (TPSA) is 17.1 Å². The monoisotopic (exact) mass is 174 g/mol. The number of allylic oxidation sites excluding steroid dienone is 1. The van der Waals surface area contributed by atoms with Crippen molar-refractivity contribution in [1.29, 1.82) is 0 Å². The summed E-state index contributed by atoms with van der Waals surface area (Å²) in [7, 11) is 0. The van der Waals surface area contributed by atoms with E-state index in [1.807, 2.05) is 24.3 Å². The molecule has 13 heavy (non-hydrogen) atoms. The minimum atomic E-state index is 0.0425. The zero-order chi connectivity index (χ0) is 9.84. The zero-order valence-electron chi connectivity index (χ0n) is 8.13. The van der Waals surface area contributed by atoms with Gasteiger partial charge in [-0.2, -0.15) is 0 Å². The van der Waals surface area contributed by atoms with E-state index in [0.717, 1.165) is 12.0 Å². The van der Waals surface area contributed by atoms with Crippen molar-refractivity contribution in [3.63, 3.8) is 0 Å². The molecular weight excluding hydrogens is 160 g/mol. The van der Waals surface area contributed by atoms with Crippen molar-refractivity contribution in [2.45, 2.75) is 20.3 Å². The summed E-state index contributed by atoms with van der Waals surface area (Å²) in [5, 5.41) is 0. The van der Waals surface area contributed by atoms with Gasteiger partial charge in [0.1, 0.15) is 0 Å². The van der Waals surface area contributed by atoms with Crippen molar-refractivity contribution in [2.24, 2.45) is 0 Å². The molecular formula is C12H14O. The highest BCUT2D eigenvalue weighted by molar-refractivity contribution is 6.19. The summed E-state index contributed by atoms with van der Waals surface area (Å²) in [6.45, 7) is 7.41. The Morgan fingerprint density at radius 3 is 2.54 bits per heavy atom. The van der Waals surface area contributed by atoms with Crippen LogP contribution in [0.2, 0.25) is 0 Å². The van der Waals surface area contributed by atoms with Gasteiger partial charge in [0, 0.05) is 5.57 Å². The normalized spacial score (nSPS) is 9.69. The van der Waals surface area contributed by atoms with Gasteiger partial charge in [0.05, 0.1) is 0 Å². The van der Waals surface area contributed by atoms with E-state index >= 15 is 0 Å². The molecule has 0 unspecified atom stereocenters. The molecule has 0 aliphatic heterocycles. The van der Waals surface area contributed by atoms with E-state index in [-0.39, 0.29) is 5.78 Å². The lowest BCUT2D eigenvalue weighted by Crippen LogP contribution is -1.97. The number of hydrogen-bond donors (Lipinski definition) is 0. The van der Waals surface area contributed by atoms with Crippen molar-refractivity contribution < 1.29 is 4.79 Å². The van der Waals surface area contributed by atoms with E-state index in [2.05, 4.69) is 13.5 Å². The van der Waals surface area contributed by atoms with Gasteiger partial charge in [-0.05, 0) is 24.5 Å². The lowest BCUT2D eigenvalue weighted by atomic mass is 9.97. The number of carbonyl (C=O) groups excluding carboxylic acids is 1. The summed E-state index contributed by atoms with van der Waals surface area (Å²) in [5.74, 6) is 0.0425. The van der Waals surface area contributed by atoms with Crippen LogP contribution in [0.25, 0.3) is 5.57 Å². The first-order chi connectivity index (χ1) is 6.16. The van der Waals surface area contributed by atoms with Crippen LogP contribution < -0.4 is 0 Å². The van der Waals surface area contributed by atoms with E-state index in [4.69, 9.17) is 0 Å². The fraction of sp³-hybridized carbons (Fsp3) is 0.250. The van der Waals surface area contributed by atoms with Crippen LogP contribution in [0.1, 0.15) is 25.0 Å². The summed E-state index contributed by atoms with van der Waals surface area (Å²) < 4.78 is 0. The molecule has 0 aliphatic rings. The van der Waals surface area contributed by atoms with E-state index in [1.165, 1.54) is 5.56 Å². The maximum atomic E-state index is 11.1.